The number of hydrogen-bond acceptors (Lipinski definition) is 7. The molecule has 0 spiro atoms. The first-order chi connectivity index (χ1) is 16.9. The second kappa shape index (κ2) is 8.38. The van der Waals surface area contributed by atoms with E-state index >= 15 is 0 Å². The first-order valence-corrected chi connectivity index (χ1v) is 10.5. The van der Waals surface area contributed by atoms with Crippen LogP contribution < -0.4 is 15.6 Å². The number of nitrogens with zero attached hydrogens (tertiary/aromatic N) is 2. The Hall–Kier alpha value is -5.05. The van der Waals surface area contributed by atoms with Gasteiger partial charge in [-0.15, -0.1) is 0 Å². The molecule has 1 aliphatic carbocycles. The third-order valence-corrected chi connectivity index (χ3v) is 5.64. The van der Waals surface area contributed by atoms with Crippen molar-refractivity contribution in [3.63, 3.8) is 0 Å². The third kappa shape index (κ3) is 3.55. The molecule has 2 N–H and O–H groups in total. The third-order valence-electron chi connectivity index (χ3n) is 5.64. The number of hydrogen-bond donors (Lipinski definition) is 2. The van der Waals surface area contributed by atoms with Crippen LogP contribution in [0.3, 0.4) is 0 Å². The Kier molecular flexibility index (Phi) is 5.21. The molecule has 9 nitrogen and oxygen atoms in total. The number of aromatic hydroxyl groups is 1. The number of ether oxygens (including phenoxy) is 1. The van der Waals surface area contributed by atoms with Gasteiger partial charge < -0.3 is 15.2 Å². The minimum atomic E-state index is -0.876. The molecule has 0 bridgehead atoms. The van der Waals surface area contributed by atoms with Gasteiger partial charge in [-0.1, -0.05) is 48.5 Å². The van der Waals surface area contributed by atoms with Gasteiger partial charge in [-0.2, -0.15) is 9.78 Å². The molecule has 1 amide bonds. The molecule has 4 aromatic rings. The fraction of sp³-hybridized carbons (Fsp3) is 0.0385. The van der Waals surface area contributed by atoms with E-state index in [1.807, 2.05) is 0 Å². The molecule has 3 aromatic carbocycles. The van der Waals surface area contributed by atoms with Gasteiger partial charge in [-0.3, -0.25) is 19.2 Å². The quantitative estimate of drug-likeness (QED) is 0.416. The summed E-state index contributed by atoms with van der Waals surface area (Å²) in [5, 5.41) is 16.9. The summed E-state index contributed by atoms with van der Waals surface area (Å²) in [5.74, 6) is -1.94. The van der Waals surface area contributed by atoms with Crippen molar-refractivity contribution < 1.29 is 24.2 Å². The number of rotatable bonds is 4. The van der Waals surface area contributed by atoms with Gasteiger partial charge in [0.05, 0.1) is 18.4 Å². The van der Waals surface area contributed by atoms with E-state index in [-0.39, 0.29) is 39.4 Å². The lowest BCUT2D eigenvalue weighted by atomic mass is 9.83. The molecule has 0 radical (unpaired) electrons. The van der Waals surface area contributed by atoms with Crippen molar-refractivity contribution in [3.05, 3.63) is 111 Å². The van der Waals surface area contributed by atoms with Crippen molar-refractivity contribution in [2.45, 2.75) is 0 Å². The molecule has 172 valence electrons. The van der Waals surface area contributed by atoms with Crippen LogP contribution in [-0.2, 0) is 0 Å². The summed E-state index contributed by atoms with van der Waals surface area (Å²) in [6.07, 6.45) is 0. The number of ketones is 2. The van der Waals surface area contributed by atoms with Gasteiger partial charge in [0.2, 0.25) is 0 Å². The van der Waals surface area contributed by atoms with Gasteiger partial charge in [0.25, 0.3) is 11.5 Å². The molecule has 0 saturated carbocycles. The number of benzene rings is 3. The minimum Gasteiger partial charge on any atom is -0.505 e. The zero-order valence-corrected chi connectivity index (χ0v) is 18.3. The van der Waals surface area contributed by atoms with Crippen LogP contribution in [0.5, 0.6) is 11.5 Å². The van der Waals surface area contributed by atoms with Crippen LogP contribution in [-0.4, -0.2) is 39.5 Å². The van der Waals surface area contributed by atoms with Crippen LogP contribution >= 0.6 is 0 Å². The van der Waals surface area contributed by atoms with Crippen molar-refractivity contribution in [3.8, 4) is 17.2 Å². The molecule has 0 saturated heterocycles. The number of fused-ring (bicyclic) bond motifs is 2. The fourth-order valence-electron chi connectivity index (χ4n) is 4.02. The summed E-state index contributed by atoms with van der Waals surface area (Å²) in [5.41, 5.74) is -0.0694. The summed E-state index contributed by atoms with van der Waals surface area (Å²) >= 11 is 0. The maximum atomic E-state index is 13.2. The molecule has 35 heavy (non-hydrogen) atoms. The van der Waals surface area contributed by atoms with Crippen LogP contribution in [0.4, 0.5) is 5.69 Å². The molecule has 5 rings (SSSR count). The average molecular weight is 467 g/mol. The van der Waals surface area contributed by atoms with E-state index in [0.717, 1.165) is 10.7 Å². The van der Waals surface area contributed by atoms with Gasteiger partial charge in [0.1, 0.15) is 11.4 Å². The Morgan fingerprint density at radius 3 is 2.29 bits per heavy atom. The van der Waals surface area contributed by atoms with Crippen molar-refractivity contribution >= 4 is 23.2 Å². The Labute approximate surface area is 198 Å². The smallest absolute Gasteiger partial charge is 0.280 e. The molecule has 0 atom stereocenters. The van der Waals surface area contributed by atoms with Crippen molar-refractivity contribution in [1.82, 2.24) is 9.78 Å². The fourth-order valence-corrected chi connectivity index (χ4v) is 4.02. The lowest BCUT2D eigenvalue weighted by molar-refractivity contribution is 0.0978. The van der Waals surface area contributed by atoms with Gasteiger partial charge in [-0.25, -0.2) is 0 Å². The van der Waals surface area contributed by atoms with Crippen LogP contribution in [0.1, 0.15) is 42.3 Å². The standard InChI is InChI=1S/C26H17N3O6/c1-35-20-12-5-4-11-18(20)29-21(31)13-19(30)23(28-29)26(34)27-17-10-6-9-16-22(17)25(33)15-8-3-2-7-14(15)24(16)32/h2-13,30H,1H3,(H,27,34). The Morgan fingerprint density at radius 2 is 1.54 bits per heavy atom. The molecule has 9 heteroatoms. The first kappa shape index (κ1) is 21.8. The molecule has 0 aliphatic heterocycles. The monoisotopic (exact) mass is 467 g/mol. The molecule has 1 heterocycles. The zero-order valence-electron chi connectivity index (χ0n) is 18.3. The van der Waals surface area contributed by atoms with Crippen molar-refractivity contribution in [2.75, 3.05) is 12.4 Å². The second-order valence-electron chi connectivity index (χ2n) is 7.69. The number of methoxy groups -OCH3 is 1. The van der Waals surface area contributed by atoms with Gasteiger partial charge in [0, 0.05) is 22.8 Å². The van der Waals surface area contributed by atoms with E-state index in [0.29, 0.717) is 5.75 Å². The van der Waals surface area contributed by atoms with Gasteiger partial charge >= 0.3 is 0 Å². The molecule has 0 unspecified atom stereocenters. The number of carbonyl (C=O) groups is 3. The lowest BCUT2D eigenvalue weighted by Crippen LogP contribution is -2.27. The van der Waals surface area contributed by atoms with Crippen molar-refractivity contribution in [2.24, 2.45) is 0 Å². The summed E-state index contributed by atoms with van der Waals surface area (Å²) < 4.78 is 6.19. The predicted octanol–water partition coefficient (Wildman–Crippen LogP) is 2.97. The Morgan fingerprint density at radius 1 is 0.886 bits per heavy atom. The second-order valence-corrected chi connectivity index (χ2v) is 7.69. The summed E-state index contributed by atoms with van der Waals surface area (Å²) in [7, 11) is 1.42. The summed E-state index contributed by atoms with van der Waals surface area (Å²) in [6.45, 7) is 0. The Bertz CT molecular complexity index is 1610. The largest absolute Gasteiger partial charge is 0.505 e. The maximum Gasteiger partial charge on any atom is 0.280 e. The zero-order chi connectivity index (χ0) is 24.7. The first-order valence-electron chi connectivity index (χ1n) is 10.5. The van der Waals surface area contributed by atoms with E-state index in [1.54, 1.807) is 48.5 Å². The number of nitrogens with one attached hydrogen (secondary N) is 1. The van der Waals surface area contributed by atoms with E-state index < -0.39 is 28.7 Å². The predicted molar refractivity (Wildman–Crippen MR) is 126 cm³/mol. The average Bonchev–Trinajstić information content (AvgIpc) is 2.87. The number of aromatic nitrogens is 2. The minimum absolute atomic E-state index is 0.0436. The highest BCUT2D eigenvalue weighted by Gasteiger charge is 2.32. The van der Waals surface area contributed by atoms with E-state index in [2.05, 4.69) is 10.4 Å². The number of carbonyl (C=O) groups excluding carboxylic acids is 3. The van der Waals surface area contributed by atoms with Crippen LogP contribution in [0, 0.1) is 0 Å². The molecular formula is C26H17N3O6. The highest BCUT2D eigenvalue weighted by Crippen LogP contribution is 2.32. The molecule has 0 fully saturated rings. The van der Waals surface area contributed by atoms with Crippen LogP contribution in [0.25, 0.3) is 5.69 Å². The van der Waals surface area contributed by atoms with Crippen molar-refractivity contribution in [1.29, 1.82) is 0 Å². The topological polar surface area (TPSA) is 128 Å². The highest BCUT2D eigenvalue weighted by atomic mass is 16.5. The van der Waals surface area contributed by atoms with E-state index in [9.17, 15) is 24.3 Å². The van der Waals surface area contributed by atoms with Crippen LogP contribution in [0.15, 0.2) is 77.6 Å². The SMILES string of the molecule is COc1ccccc1-n1nc(C(=O)Nc2cccc3c2C(=O)c2ccccc2C3=O)c(O)cc1=O. The number of amides is 1. The van der Waals surface area contributed by atoms with Crippen LogP contribution in [0.2, 0.25) is 0 Å². The van der Waals surface area contributed by atoms with Gasteiger partial charge in [-0.05, 0) is 18.2 Å². The van der Waals surface area contributed by atoms with E-state index in [1.165, 1.54) is 25.3 Å². The lowest BCUT2D eigenvalue weighted by Gasteiger charge is -2.20. The summed E-state index contributed by atoms with van der Waals surface area (Å²) in [4.78, 5) is 51.8. The maximum absolute atomic E-state index is 13.2. The van der Waals surface area contributed by atoms with Gasteiger partial charge in [0.15, 0.2) is 23.0 Å². The molecule has 1 aromatic heterocycles. The molecular weight excluding hydrogens is 450 g/mol. The number of para-hydroxylation sites is 2. The normalized spacial score (nSPS) is 12.0. The summed E-state index contributed by atoms with van der Waals surface area (Å²) in [6, 6.07) is 18.4. The number of anilines is 1. The molecule has 1 aliphatic rings. The van der Waals surface area contributed by atoms with E-state index in [4.69, 9.17) is 4.74 Å². The highest BCUT2D eigenvalue weighted by molar-refractivity contribution is 6.30. The Balaban J connectivity index is 1.56.